The Labute approximate surface area is 162 Å². The molecule has 7 nitrogen and oxygen atoms in total. The first-order chi connectivity index (χ1) is 12.8. The summed E-state index contributed by atoms with van der Waals surface area (Å²) >= 11 is 1.43. The number of amides is 2. The molecule has 27 heavy (non-hydrogen) atoms. The van der Waals surface area contributed by atoms with Gasteiger partial charge in [0, 0.05) is 30.4 Å². The summed E-state index contributed by atoms with van der Waals surface area (Å²) in [5.74, 6) is -0.160. The van der Waals surface area contributed by atoms with E-state index in [4.69, 9.17) is 0 Å². The molecule has 2 amide bonds. The van der Waals surface area contributed by atoms with E-state index in [0.717, 1.165) is 11.1 Å². The largest absolute Gasteiger partial charge is 0.349 e. The maximum absolute atomic E-state index is 12.4. The molecule has 0 radical (unpaired) electrons. The second-order valence-corrected chi connectivity index (χ2v) is 9.16. The zero-order valence-electron chi connectivity index (χ0n) is 14.8. The van der Waals surface area contributed by atoms with E-state index in [0.29, 0.717) is 37.2 Å². The quantitative estimate of drug-likeness (QED) is 0.794. The number of rotatable bonds is 5. The lowest BCUT2D eigenvalue weighted by atomic mass is 10.0. The number of hydrogen-bond donors (Lipinski definition) is 2. The van der Waals surface area contributed by atoms with Crippen molar-refractivity contribution in [3.05, 3.63) is 52.2 Å². The van der Waals surface area contributed by atoms with Crippen LogP contribution in [0, 0.1) is 0 Å². The first-order valence-electron chi connectivity index (χ1n) is 8.53. The highest BCUT2D eigenvalue weighted by atomic mass is 32.2. The van der Waals surface area contributed by atoms with Gasteiger partial charge in [0.05, 0.1) is 11.1 Å². The highest BCUT2D eigenvalue weighted by Gasteiger charge is 2.25. The average molecular weight is 408 g/mol. The molecule has 0 bridgehead atoms. The summed E-state index contributed by atoms with van der Waals surface area (Å²) < 4.78 is 24.8. The molecule has 0 aliphatic carbocycles. The first kappa shape index (κ1) is 19.4. The number of piperidine rings is 1. The lowest BCUT2D eigenvalue weighted by Crippen LogP contribution is -2.46. The monoisotopic (exact) mass is 407 g/mol. The Bertz CT molecular complexity index is 901. The number of nitrogens with zero attached hydrogens (tertiary/aromatic N) is 1. The van der Waals surface area contributed by atoms with Crippen LogP contribution in [0.1, 0.15) is 32.9 Å². The van der Waals surface area contributed by atoms with E-state index in [1.54, 1.807) is 24.3 Å². The molecule has 2 aromatic rings. The molecule has 144 valence electrons. The van der Waals surface area contributed by atoms with Crippen LogP contribution in [0.3, 0.4) is 0 Å². The van der Waals surface area contributed by atoms with E-state index < -0.39 is 10.0 Å². The molecule has 0 saturated carbocycles. The maximum atomic E-state index is 12.4. The minimum absolute atomic E-state index is 0.0127. The molecule has 1 saturated heterocycles. The Morgan fingerprint density at radius 1 is 1.11 bits per heavy atom. The van der Waals surface area contributed by atoms with Gasteiger partial charge >= 0.3 is 0 Å². The fourth-order valence-corrected chi connectivity index (χ4v) is 4.21. The fourth-order valence-electron chi connectivity index (χ4n) is 2.96. The standard InChI is InChI=1S/C18H21N3O4S2/c1-27(24,25)20-15-6-4-13(5-7-15)17(22)19-14-8-10-21(11-9-14)18(23)16-3-2-12-26-16/h2-7,12,14,20H,8-11H2,1H3,(H,19,22). The van der Waals surface area contributed by atoms with Crippen LogP contribution in [0.5, 0.6) is 0 Å². The summed E-state index contributed by atoms with van der Waals surface area (Å²) in [6.45, 7) is 1.22. The van der Waals surface area contributed by atoms with E-state index in [1.165, 1.54) is 11.3 Å². The normalized spacial score (nSPS) is 15.4. The molecule has 1 fully saturated rings. The maximum Gasteiger partial charge on any atom is 0.263 e. The number of benzene rings is 1. The second-order valence-electron chi connectivity index (χ2n) is 6.47. The van der Waals surface area contributed by atoms with Gasteiger partial charge in [-0.2, -0.15) is 0 Å². The predicted octanol–water partition coefficient (Wildman–Crippen LogP) is 2.15. The molecule has 2 N–H and O–H groups in total. The van der Waals surface area contributed by atoms with Crippen molar-refractivity contribution >= 4 is 38.9 Å². The number of anilines is 1. The number of carbonyl (C=O) groups is 2. The third kappa shape index (κ3) is 5.30. The molecular formula is C18H21N3O4S2. The Morgan fingerprint density at radius 3 is 2.33 bits per heavy atom. The highest BCUT2D eigenvalue weighted by Crippen LogP contribution is 2.18. The fraction of sp³-hybridized carbons (Fsp3) is 0.333. The van der Waals surface area contributed by atoms with Crippen molar-refractivity contribution in [1.82, 2.24) is 10.2 Å². The molecule has 0 atom stereocenters. The summed E-state index contributed by atoms with van der Waals surface area (Å²) in [6.07, 6.45) is 2.48. The Kier molecular flexibility index (Phi) is 5.81. The molecule has 1 aliphatic heterocycles. The smallest absolute Gasteiger partial charge is 0.263 e. The molecule has 1 aromatic heterocycles. The molecule has 1 aromatic carbocycles. The number of thiophene rings is 1. The van der Waals surface area contributed by atoms with Crippen molar-refractivity contribution in [2.24, 2.45) is 0 Å². The van der Waals surface area contributed by atoms with E-state index in [1.807, 2.05) is 22.4 Å². The lowest BCUT2D eigenvalue weighted by Gasteiger charge is -2.32. The second kappa shape index (κ2) is 8.10. The summed E-state index contributed by atoms with van der Waals surface area (Å²) in [5.41, 5.74) is 0.876. The average Bonchev–Trinajstić information content (AvgIpc) is 3.15. The van der Waals surface area contributed by atoms with Crippen molar-refractivity contribution < 1.29 is 18.0 Å². The molecular weight excluding hydrogens is 386 g/mol. The van der Waals surface area contributed by atoms with Crippen LogP contribution in [0.4, 0.5) is 5.69 Å². The van der Waals surface area contributed by atoms with Crippen LogP contribution in [0.15, 0.2) is 41.8 Å². The van der Waals surface area contributed by atoms with Gasteiger partial charge in [-0.3, -0.25) is 14.3 Å². The third-order valence-corrected chi connectivity index (χ3v) is 5.76. The van der Waals surface area contributed by atoms with Crippen LogP contribution in [0.2, 0.25) is 0 Å². The van der Waals surface area contributed by atoms with Gasteiger partial charge in [-0.15, -0.1) is 11.3 Å². The molecule has 0 unspecified atom stereocenters. The van der Waals surface area contributed by atoms with Crippen LogP contribution in [-0.2, 0) is 10.0 Å². The zero-order valence-corrected chi connectivity index (χ0v) is 16.5. The predicted molar refractivity (Wildman–Crippen MR) is 106 cm³/mol. The van der Waals surface area contributed by atoms with Gasteiger partial charge in [0.25, 0.3) is 11.8 Å². The number of hydrogen-bond acceptors (Lipinski definition) is 5. The Balaban J connectivity index is 1.51. The number of likely N-dealkylation sites (tertiary alicyclic amines) is 1. The van der Waals surface area contributed by atoms with Crippen LogP contribution >= 0.6 is 11.3 Å². The van der Waals surface area contributed by atoms with Crippen molar-refractivity contribution in [2.75, 3.05) is 24.1 Å². The van der Waals surface area contributed by atoms with E-state index in [2.05, 4.69) is 10.0 Å². The van der Waals surface area contributed by atoms with E-state index in [9.17, 15) is 18.0 Å². The van der Waals surface area contributed by atoms with Crippen LogP contribution in [0.25, 0.3) is 0 Å². The molecule has 1 aliphatic rings. The SMILES string of the molecule is CS(=O)(=O)Nc1ccc(C(=O)NC2CCN(C(=O)c3cccs3)CC2)cc1. The van der Waals surface area contributed by atoms with Crippen molar-refractivity contribution in [1.29, 1.82) is 0 Å². The Hall–Kier alpha value is -2.39. The summed E-state index contributed by atoms with van der Waals surface area (Å²) in [6, 6.07) is 9.97. The number of nitrogens with one attached hydrogen (secondary N) is 2. The summed E-state index contributed by atoms with van der Waals surface area (Å²) in [5, 5.41) is 4.87. The van der Waals surface area contributed by atoms with E-state index >= 15 is 0 Å². The summed E-state index contributed by atoms with van der Waals surface area (Å²) in [7, 11) is -3.34. The van der Waals surface area contributed by atoms with Gasteiger partial charge in [-0.25, -0.2) is 8.42 Å². The molecule has 3 rings (SSSR count). The van der Waals surface area contributed by atoms with Crippen LogP contribution in [-0.4, -0.2) is 50.5 Å². The topological polar surface area (TPSA) is 95.6 Å². The van der Waals surface area contributed by atoms with Crippen molar-refractivity contribution in [3.63, 3.8) is 0 Å². The molecule has 0 spiro atoms. The minimum atomic E-state index is -3.34. The molecule has 9 heteroatoms. The summed E-state index contributed by atoms with van der Waals surface area (Å²) in [4.78, 5) is 27.3. The highest BCUT2D eigenvalue weighted by molar-refractivity contribution is 7.92. The minimum Gasteiger partial charge on any atom is -0.349 e. The third-order valence-electron chi connectivity index (χ3n) is 4.30. The van der Waals surface area contributed by atoms with Gasteiger partial charge in [0.1, 0.15) is 0 Å². The number of sulfonamides is 1. The Morgan fingerprint density at radius 2 is 1.78 bits per heavy atom. The van der Waals surface area contributed by atoms with Crippen LogP contribution < -0.4 is 10.0 Å². The van der Waals surface area contributed by atoms with Gasteiger partial charge in [-0.05, 0) is 48.6 Å². The van der Waals surface area contributed by atoms with Gasteiger partial charge in [0.2, 0.25) is 10.0 Å². The van der Waals surface area contributed by atoms with E-state index in [-0.39, 0.29) is 17.9 Å². The van der Waals surface area contributed by atoms with Crippen molar-refractivity contribution in [2.45, 2.75) is 18.9 Å². The number of carbonyl (C=O) groups excluding carboxylic acids is 2. The molecule has 2 heterocycles. The lowest BCUT2D eigenvalue weighted by molar-refractivity contribution is 0.0702. The van der Waals surface area contributed by atoms with Gasteiger partial charge in [0.15, 0.2) is 0 Å². The first-order valence-corrected chi connectivity index (χ1v) is 11.3. The van der Waals surface area contributed by atoms with Gasteiger partial charge in [-0.1, -0.05) is 6.07 Å². The van der Waals surface area contributed by atoms with Crippen molar-refractivity contribution in [3.8, 4) is 0 Å². The zero-order chi connectivity index (χ0) is 19.4. The van der Waals surface area contributed by atoms with Gasteiger partial charge < -0.3 is 10.2 Å².